The summed E-state index contributed by atoms with van der Waals surface area (Å²) in [6.07, 6.45) is 4.85. The molecule has 1 fully saturated rings. The maximum Gasteiger partial charge on any atom is 0.170 e. The minimum atomic E-state index is -0.0622. The maximum atomic E-state index is 6.56. The van der Waals surface area contributed by atoms with Crippen LogP contribution in [0.1, 0.15) is 29.9 Å². The summed E-state index contributed by atoms with van der Waals surface area (Å²) in [7, 11) is 4.17. The second-order valence-corrected chi connectivity index (χ2v) is 9.11. The molecule has 2 atom stereocenters. The van der Waals surface area contributed by atoms with Crippen molar-refractivity contribution in [2.45, 2.75) is 18.5 Å². The van der Waals surface area contributed by atoms with Crippen molar-refractivity contribution in [2.24, 2.45) is 0 Å². The van der Waals surface area contributed by atoms with Crippen LogP contribution in [0.3, 0.4) is 0 Å². The average Bonchev–Trinajstić information content (AvgIpc) is 3.33. The first-order chi connectivity index (χ1) is 15.0. The molecule has 3 aromatic rings. The normalized spacial score (nSPS) is 18.6. The van der Waals surface area contributed by atoms with Gasteiger partial charge in [0.2, 0.25) is 0 Å². The first kappa shape index (κ1) is 22.1. The Labute approximate surface area is 198 Å². The van der Waals surface area contributed by atoms with Crippen LogP contribution in [-0.2, 0) is 0 Å². The van der Waals surface area contributed by atoms with Gasteiger partial charge in [-0.25, -0.2) is 0 Å². The summed E-state index contributed by atoms with van der Waals surface area (Å²) < 4.78 is 2.12. The van der Waals surface area contributed by atoms with Crippen molar-refractivity contribution < 1.29 is 0 Å². The summed E-state index contributed by atoms with van der Waals surface area (Å²) in [5.41, 5.74) is 2.94. The van der Waals surface area contributed by atoms with E-state index in [0.717, 1.165) is 41.7 Å². The average molecular weight is 474 g/mol. The highest BCUT2D eigenvalue weighted by atomic mass is 35.5. The van der Waals surface area contributed by atoms with Crippen LogP contribution in [0.5, 0.6) is 0 Å². The van der Waals surface area contributed by atoms with Gasteiger partial charge in [0.25, 0.3) is 0 Å². The molecular weight excluding hydrogens is 449 g/mol. The second kappa shape index (κ2) is 9.57. The number of pyridine rings is 1. The summed E-state index contributed by atoms with van der Waals surface area (Å²) in [6, 6.07) is 15.6. The molecule has 1 saturated heterocycles. The topological polar surface area (TPSA) is 36.3 Å². The number of thiocarbonyl (C=S) groups is 1. The number of hydrogen-bond acceptors (Lipinski definition) is 3. The molecule has 1 aromatic carbocycles. The van der Waals surface area contributed by atoms with Crippen molar-refractivity contribution in [1.82, 2.24) is 24.7 Å². The molecule has 5 nitrogen and oxygen atoms in total. The molecule has 0 spiro atoms. The first-order valence-corrected chi connectivity index (χ1v) is 11.4. The van der Waals surface area contributed by atoms with Crippen molar-refractivity contribution in [2.75, 3.05) is 27.2 Å². The third-order valence-corrected chi connectivity index (χ3v) is 6.34. The zero-order valence-electron chi connectivity index (χ0n) is 17.5. The Morgan fingerprint density at radius 2 is 1.97 bits per heavy atom. The maximum absolute atomic E-state index is 6.56. The molecule has 8 heteroatoms. The van der Waals surface area contributed by atoms with Crippen molar-refractivity contribution in [1.29, 1.82) is 0 Å². The number of benzene rings is 1. The van der Waals surface area contributed by atoms with Gasteiger partial charge < -0.3 is 19.7 Å². The molecule has 0 amide bonds. The van der Waals surface area contributed by atoms with E-state index in [9.17, 15) is 0 Å². The van der Waals surface area contributed by atoms with E-state index in [0.29, 0.717) is 10.0 Å². The number of rotatable bonds is 7. The first-order valence-electron chi connectivity index (χ1n) is 10.2. The van der Waals surface area contributed by atoms with Crippen LogP contribution in [0.2, 0.25) is 10.0 Å². The predicted molar refractivity (Wildman–Crippen MR) is 131 cm³/mol. The molecule has 0 aliphatic carbocycles. The van der Waals surface area contributed by atoms with Gasteiger partial charge in [0.15, 0.2) is 5.11 Å². The Hall–Kier alpha value is -2.12. The van der Waals surface area contributed by atoms with Crippen LogP contribution >= 0.6 is 35.4 Å². The Kier molecular flexibility index (Phi) is 6.82. The fourth-order valence-electron chi connectivity index (χ4n) is 4.06. The van der Waals surface area contributed by atoms with E-state index in [1.807, 2.05) is 48.8 Å². The zero-order chi connectivity index (χ0) is 22.0. The number of halogens is 2. The summed E-state index contributed by atoms with van der Waals surface area (Å²) in [6.45, 7) is 1.83. The highest BCUT2D eigenvalue weighted by Gasteiger charge is 2.41. The van der Waals surface area contributed by atoms with Gasteiger partial charge in [0.05, 0.1) is 28.5 Å². The number of hydrogen-bond donors (Lipinski definition) is 1. The van der Waals surface area contributed by atoms with Crippen molar-refractivity contribution in [3.8, 4) is 5.69 Å². The minimum absolute atomic E-state index is 0.0219. The SMILES string of the molecule is CN(C)CCCN1C(=S)N[C@H](c2ccccn2)[C@H]1c1cccn1-c1ccc(Cl)cc1Cl. The molecule has 0 unspecified atom stereocenters. The van der Waals surface area contributed by atoms with Crippen LogP contribution < -0.4 is 5.32 Å². The van der Waals surface area contributed by atoms with Crippen LogP contribution in [0.4, 0.5) is 0 Å². The third kappa shape index (κ3) is 4.72. The molecule has 1 aliphatic heterocycles. The molecular formula is C23H25Cl2N5S. The lowest BCUT2D eigenvalue weighted by atomic mass is 10.0. The Morgan fingerprint density at radius 1 is 1.13 bits per heavy atom. The zero-order valence-corrected chi connectivity index (χ0v) is 19.8. The molecule has 1 N–H and O–H groups in total. The molecule has 31 heavy (non-hydrogen) atoms. The van der Waals surface area contributed by atoms with Crippen LogP contribution in [-0.4, -0.2) is 51.6 Å². The lowest BCUT2D eigenvalue weighted by Crippen LogP contribution is -2.33. The lowest BCUT2D eigenvalue weighted by Gasteiger charge is -2.29. The summed E-state index contributed by atoms with van der Waals surface area (Å²) in [5.74, 6) is 0. The Bertz CT molecular complexity index is 1050. The standard InChI is InChI=1S/C23H25Cl2N5S/c1-28(2)12-6-14-30-22(21(27-23(30)31)18-7-3-4-11-26-18)20-8-5-13-29(20)19-10-9-16(24)15-17(19)25/h3-5,7-11,13,15,21-22H,6,12,14H2,1-2H3,(H,27,31)/t21-,22-/m1/s1. The van der Waals surface area contributed by atoms with Crippen LogP contribution in [0.25, 0.3) is 5.69 Å². The van der Waals surface area contributed by atoms with Gasteiger partial charge in [-0.2, -0.15) is 0 Å². The monoisotopic (exact) mass is 473 g/mol. The van der Waals surface area contributed by atoms with Gasteiger partial charge in [0.1, 0.15) is 0 Å². The molecule has 1 aliphatic rings. The quantitative estimate of drug-likeness (QED) is 0.482. The van der Waals surface area contributed by atoms with E-state index in [4.69, 9.17) is 35.4 Å². The van der Waals surface area contributed by atoms with E-state index >= 15 is 0 Å². The second-order valence-electron chi connectivity index (χ2n) is 7.88. The van der Waals surface area contributed by atoms with Crippen molar-refractivity contribution in [3.05, 3.63) is 82.4 Å². The van der Waals surface area contributed by atoms with Gasteiger partial charge in [-0.05, 0) is 81.7 Å². The van der Waals surface area contributed by atoms with Gasteiger partial charge in [-0.1, -0.05) is 29.3 Å². The molecule has 3 heterocycles. The molecule has 0 saturated carbocycles. The van der Waals surface area contributed by atoms with Gasteiger partial charge >= 0.3 is 0 Å². The number of nitrogens with one attached hydrogen (secondary N) is 1. The molecule has 4 rings (SSSR count). The summed E-state index contributed by atoms with van der Waals surface area (Å²) >= 11 is 18.5. The Morgan fingerprint density at radius 3 is 2.68 bits per heavy atom. The number of aromatic nitrogens is 2. The molecule has 0 bridgehead atoms. The van der Waals surface area contributed by atoms with Gasteiger partial charge in [-0.3, -0.25) is 4.98 Å². The van der Waals surface area contributed by atoms with E-state index in [1.165, 1.54) is 0 Å². The third-order valence-electron chi connectivity index (χ3n) is 5.45. The smallest absolute Gasteiger partial charge is 0.170 e. The van der Waals surface area contributed by atoms with Crippen LogP contribution in [0.15, 0.2) is 60.9 Å². The van der Waals surface area contributed by atoms with E-state index in [1.54, 1.807) is 6.07 Å². The highest BCUT2D eigenvalue weighted by molar-refractivity contribution is 7.80. The van der Waals surface area contributed by atoms with Crippen LogP contribution in [0, 0.1) is 0 Å². The van der Waals surface area contributed by atoms with E-state index in [2.05, 4.69) is 44.8 Å². The summed E-state index contributed by atoms with van der Waals surface area (Å²) in [4.78, 5) is 9.08. The molecule has 162 valence electrons. The Balaban J connectivity index is 1.76. The minimum Gasteiger partial charge on any atom is -0.352 e. The van der Waals surface area contributed by atoms with E-state index in [-0.39, 0.29) is 12.1 Å². The van der Waals surface area contributed by atoms with E-state index < -0.39 is 0 Å². The highest BCUT2D eigenvalue weighted by Crippen LogP contribution is 2.40. The number of nitrogens with zero attached hydrogens (tertiary/aromatic N) is 4. The van der Waals surface area contributed by atoms with Crippen molar-refractivity contribution >= 4 is 40.5 Å². The fourth-order valence-corrected chi connectivity index (χ4v) is 4.89. The predicted octanol–water partition coefficient (Wildman–Crippen LogP) is 5.10. The van der Waals surface area contributed by atoms with Gasteiger partial charge in [-0.15, -0.1) is 0 Å². The largest absolute Gasteiger partial charge is 0.352 e. The molecule has 2 aromatic heterocycles. The van der Waals surface area contributed by atoms with Gasteiger partial charge in [0, 0.05) is 29.7 Å². The summed E-state index contributed by atoms with van der Waals surface area (Å²) in [5, 5.41) is 5.48. The lowest BCUT2D eigenvalue weighted by molar-refractivity contribution is 0.286. The fraction of sp³-hybridized carbons (Fsp3) is 0.304. The van der Waals surface area contributed by atoms with Crippen molar-refractivity contribution in [3.63, 3.8) is 0 Å². The molecule has 0 radical (unpaired) electrons.